The number of benzene rings is 1. The normalized spacial score (nSPS) is 12.3. The van der Waals surface area contributed by atoms with E-state index in [0.29, 0.717) is 12.4 Å². The van der Waals surface area contributed by atoms with Crippen LogP contribution >= 0.6 is 15.9 Å². The van der Waals surface area contributed by atoms with Gasteiger partial charge in [0, 0.05) is 10.0 Å². The first kappa shape index (κ1) is 12.3. The van der Waals surface area contributed by atoms with Gasteiger partial charge >= 0.3 is 0 Å². The molecule has 0 heterocycles. The first-order valence-corrected chi connectivity index (χ1v) is 5.54. The molecule has 15 heavy (non-hydrogen) atoms. The number of hydrogen-bond acceptors (Lipinski definition) is 2. The van der Waals surface area contributed by atoms with Crippen molar-refractivity contribution in [3.8, 4) is 5.75 Å². The van der Waals surface area contributed by atoms with Crippen LogP contribution < -0.4 is 4.74 Å². The molecule has 2 nitrogen and oxygen atoms in total. The Balaban J connectivity index is 2.90. The second kappa shape index (κ2) is 5.33. The Morgan fingerprint density at radius 1 is 1.60 bits per heavy atom. The zero-order valence-electron chi connectivity index (χ0n) is 8.96. The van der Waals surface area contributed by atoms with Crippen LogP contribution in [0.15, 0.2) is 29.3 Å². The Kier molecular flexibility index (Phi) is 4.36. The van der Waals surface area contributed by atoms with Gasteiger partial charge in [0.1, 0.15) is 12.4 Å². The topological polar surface area (TPSA) is 29.5 Å². The summed E-state index contributed by atoms with van der Waals surface area (Å²) in [6, 6.07) is 5.75. The molecular formula is C12H15BrO2. The third kappa shape index (κ3) is 3.68. The molecule has 0 aliphatic heterocycles. The minimum atomic E-state index is -0.525. The highest BCUT2D eigenvalue weighted by Crippen LogP contribution is 2.26. The fourth-order valence-electron chi connectivity index (χ4n) is 1.28. The van der Waals surface area contributed by atoms with E-state index >= 15 is 0 Å². The van der Waals surface area contributed by atoms with Crippen LogP contribution in [0.1, 0.15) is 24.2 Å². The van der Waals surface area contributed by atoms with Gasteiger partial charge in [-0.1, -0.05) is 34.1 Å². The number of aliphatic hydroxyl groups excluding tert-OH is 1. The van der Waals surface area contributed by atoms with E-state index in [1.54, 1.807) is 6.92 Å². The number of hydrogen-bond donors (Lipinski definition) is 1. The molecule has 0 saturated heterocycles. The van der Waals surface area contributed by atoms with Crippen LogP contribution in [-0.4, -0.2) is 11.7 Å². The summed E-state index contributed by atoms with van der Waals surface area (Å²) in [7, 11) is 0. The lowest BCUT2D eigenvalue weighted by Gasteiger charge is -2.13. The van der Waals surface area contributed by atoms with Crippen LogP contribution in [0, 0.1) is 6.92 Å². The van der Waals surface area contributed by atoms with E-state index in [9.17, 15) is 5.11 Å². The largest absolute Gasteiger partial charge is 0.488 e. The predicted molar refractivity (Wildman–Crippen MR) is 65.4 cm³/mol. The lowest BCUT2D eigenvalue weighted by Crippen LogP contribution is -2.02. The Morgan fingerprint density at radius 2 is 2.27 bits per heavy atom. The molecule has 82 valence electrons. The van der Waals surface area contributed by atoms with Crippen LogP contribution in [0.4, 0.5) is 0 Å². The van der Waals surface area contributed by atoms with Crippen molar-refractivity contribution >= 4 is 15.9 Å². The van der Waals surface area contributed by atoms with Gasteiger partial charge in [0.15, 0.2) is 0 Å². The van der Waals surface area contributed by atoms with Crippen molar-refractivity contribution in [1.29, 1.82) is 0 Å². The molecule has 0 radical (unpaired) electrons. The van der Waals surface area contributed by atoms with Gasteiger partial charge in [-0.05, 0) is 26.0 Å². The molecule has 0 spiro atoms. The number of halogens is 1. The summed E-state index contributed by atoms with van der Waals surface area (Å²) in [6.45, 7) is 7.81. The van der Waals surface area contributed by atoms with Gasteiger partial charge in [0.2, 0.25) is 0 Å². The molecule has 0 saturated carbocycles. The van der Waals surface area contributed by atoms with Gasteiger partial charge in [0.05, 0.1) is 6.10 Å². The lowest BCUT2D eigenvalue weighted by atomic mass is 10.1. The monoisotopic (exact) mass is 270 g/mol. The predicted octanol–water partition coefficient (Wildman–Crippen LogP) is 3.34. The molecule has 0 unspecified atom stereocenters. The van der Waals surface area contributed by atoms with E-state index in [0.717, 1.165) is 15.6 Å². The second-order valence-electron chi connectivity index (χ2n) is 3.52. The van der Waals surface area contributed by atoms with E-state index in [1.165, 1.54) is 0 Å². The fraction of sp³-hybridized carbons (Fsp3) is 0.333. The van der Waals surface area contributed by atoms with Gasteiger partial charge < -0.3 is 9.84 Å². The number of aryl methyl sites for hydroxylation is 1. The molecule has 0 aromatic heterocycles. The average molecular weight is 271 g/mol. The molecule has 0 aliphatic rings. The van der Waals surface area contributed by atoms with E-state index in [4.69, 9.17) is 4.74 Å². The standard InChI is InChI=1S/C12H15BrO2/c1-8-4-5-12(15-7-9(2)13)11(6-8)10(3)14/h4-6,10,14H,2,7H2,1,3H3/t10-/m0/s1. The molecule has 1 atom stereocenters. The van der Waals surface area contributed by atoms with Crippen molar-refractivity contribution in [3.63, 3.8) is 0 Å². The summed E-state index contributed by atoms with van der Waals surface area (Å²) in [4.78, 5) is 0. The van der Waals surface area contributed by atoms with E-state index in [2.05, 4.69) is 22.5 Å². The molecule has 0 fully saturated rings. The first-order chi connectivity index (χ1) is 7.00. The number of ether oxygens (including phenoxy) is 1. The van der Waals surface area contributed by atoms with Crippen molar-refractivity contribution in [1.82, 2.24) is 0 Å². The third-order valence-corrected chi connectivity index (χ3v) is 2.23. The zero-order chi connectivity index (χ0) is 11.4. The molecule has 0 amide bonds. The van der Waals surface area contributed by atoms with Gasteiger partial charge in [-0.25, -0.2) is 0 Å². The van der Waals surface area contributed by atoms with Crippen LogP contribution in [0.25, 0.3) is 0 Å². The van der Waals surface area contributed by atoms with Crippen molar-refractivity contribution in [2.75, 3.05) is 6.61 Å². The van der Waals surface area contributed by atoms with Crippen molar-refractivity contribution in [2.24, 2.45) is 0 Å². The molecule has 1 aromatic rings. The fourth-order valence-corrected chi connectivity index (χ4v) is 1.40. The quantitative estimate of drug-likeness (QED) is 0.910. The van der Waals surface area contributed by atoms with Gasteiger partial charge in [-0.15, -0.1) is 0 Å². The van der Waals surface area contributed by atoms with Crippen LogP contribution in [0.5, 0.6) is 5.75 Å². The van der Waals surface area contributed by atoms with Crippen LogP contribution in [0.3, 0.4) is 0 Å². The van der Waals surface area contributed by atoms with Gasteiger partial charge in [0.25, 0.3) is 0 Å². The summed E-state index contributed by atoms with van der Waals surface area (Å²) >= 11 is 3.23. The maximum Gasteiger partial charge on any atom is 0.125 e. The first-order valence-electron chi connectivity index (χ1n) is 4.75. The smallest absolute Gasteiger partial charge is 0.125 e. The van der Waals surface area contributed by atoms with Crippen LogP contribution in [0.2, 0.25) is 0 Å². The summed E-state index contributed by atoms with van der Waals surface area (Å²) < 4.78 is 6.29. The summed E-state index contributed by atoms with van der Waals surface area (Å²) in [5, 5.41) is 9.58. The average Bonchev–Trinajstić information content (AvgIpc) is 2.15. The summed E-state index contributed by atoms with van der Waals surface area (Å²) in [5.74, 6) is 0.705. The Morgan fingerprint density at radius 3 is 2.80 bits per heavy atom. The molecule has 1 N–H and O–H groups in total. The maximum atomic E-state index is 9.58. The van der Waals surface area contributed by atoms with Crippen molar-refractivity contribution in [2.45, 2.75) is 20.0 Å². The maximum absolute atomic E-state index is 9.58. The number of rotatable bonds is 4. The number of aliphatic hydroxyl groups is 1. The highest BCUT2D eigenvalue weighted by atomic mass is 79.9. The Labute approximate surface area is 98.7 Å². The highest BCUT2D eigenvalue weighted by molar-refractivity contribution is 9.11. The third-order valence-electron chi connectivity index (χ3n) is 2.00. The molecular weight excluding hydrogens is 256 g/mol. The van der Waals surface area contributed by atoms with Crippen molar-refractivity contribution in [3.05, 3.63) is 40.4 Å². The molecule has 1 rings (SSSR count). The van der Waals surface area contributed by atoms with E-state index < -0.39 is 6.10 Å². The Bertz CT molecular complexity index is 359. The van der Waals surface area contributed by atoms with Gasteiger partial charge in [-0.3, -0.25) is 0 Å². The van der Waals surface area contributed by atoms with E-state index in [-0.39, 0.29) is 0 Å². The van der Waals surface area contributed by atoms with Crippen LogP contribution in [-0.2, 0) is 0 Å². The second-order valence-corrected chi connectivity index (χ2v) is 4.64. The van der Waals surface area contributed by atoms with Crippen molar-refractivity contribution < 1.29 is 9.84 Å². The SMILES string of the molecule is C=C(Br)COc1ccc(C)cc1[C@H](C)O. The minimum absolute atomic E-state index is 0.406. The summed E-state index contributed by atoms with van der Waals surface area (Å²) in [6.07, 6.45) is -0.525. The molecule has 1 aromatic carbocycles. The molecule has 0 aliphatic carbocycles. The highest BCUT2D eigenvalue weighted by Gasteiger charge is 2.09. The summed E-state index contributed by atoms with van der Waals surface area (Å²) in [5.41, 5.74) is 1.92. The van der Waals surface area contributed by atoms with E-state index in [1.807, 2.05) is 25.1 Å². The molecule has 0 bridgehead atoms. The lowest BCUT2D eigenvalue weighted by molar-refractivity contribution is 0.193. The Hall–Kier alpha value is -0.800. The molecule has 3 heteroatoms. The van der Waals surface area contributed by atoms with Gasteiger partial charge in [-0.2, -0.15) is 0 Å². The minimum Gasteiger partial charge on any atom is -0.488 e. The zero-order valence-corrected chi connectivity index (χ0v) is 10.5.